The lowest BCUT2D eigenvalue weighted by Gasteiger charge is -2.09. The Balaban J connectivity index is 2.49. The fourth-order valence-corrected chi connectivity index (χ4v) is 4.25. The maximum Gasteiger partial charge on any atom is 0.306 e. The van der Waals surface area contributed by atoms with Gasteiger partial charge in [-0.15, -0.1) is 0 Å². The van der Waals surface area contributed by atoms with Gasteiger partial charge in [0.15, 0.2) is 15.8 Å². The second kappa shape index (κ2) is 5.26. The predicted octanol–water partition coefficient (Wildman–Crippen LogP) is 2.59. The Labute approximate surface area is 124 Å². The van der Waals surface area contributed by atoms with Gasteiger partial charge < -0.3 is 4.98 Å². The highest BCUT2D eigenvalue weighted by molar-refractivity contribution is 9.10. The summed E-state index contributed by atoms with van der Waals surface area (Å²) < 4.78 is 52.9. The Bertz CT molecular complexity index is 806. The highest BCUT2D eigenvalue weighted by atomic mass is 79.9. The predicted molar refractivity (Wildman–Crippen MR) is 74.5 cm³/mol. The van der Waals surface area contributed by atoms with Gasteiger partial charge in [-0.2, -0.15) is 0 Å². The Kier molecular flexibility index (Phi) is 3.98. The maximum absolute atomic E-state index is 13.6. The number of benzene rings is 1. The molecule has 0 saturated carbocycles. The van der Waals surface area contributed by atoms with Crippen LogP contribution < -0.4 is 9.60 Å². The van der Waals surface area contributed by atoms with Crippen LogP contribution in [0.4, 0.5) is 14.5 Å². The van der Waals surface area contributed by atoms with Gasteiger partial charge in [-0.25, -0.2) is 17.2 Å². The van der Waals surface area contributed by atoms with E-state index in [1.807, 2.05) is 0 Å². The molecule has 0 aliphatic heterocycles. The molecule has 0 atom stereocenters. The van der Waals surface area contributed by atoms with Crippen molar-refractivity contribution in [3.05, 3.63) is 43.6 Å². The summed E-state index contributed by atoms with van der Waals surface area (Å²) in [6.07, 6.45) is 0. The number of anilines is 1. The number of aromatic nitrogens is 1. The molecule has 108 valence electrons. The summed E-state index contributed by atoms with van der Waals surface area (Å²) in [5.74, 6) is -2.14. The quantitative estimate of drug-likeness (QED) is 0.853. The van der Waals surface area contributed by atoms with Crippen molar-refractivity contribution in [3.8, 4) is 0 Å². The van der Waals surface area contributed by atoms with Crippen molar-refractivity contribution in [1.29, 1.82) is 0 Å². The van der Waals surface area contributed by atoms with Gasteiger partial charge in [-0.3, -0.25) is 9.52 Å². The van der Waals surface area contributed by atoms with Crippen LogP contribution in [0.1, 0.15) is 5.69 Å². The fraction of sp³-hybridized carbons (Fsp3) is 0.100. The van der Waals surface area contributed by atoms with Crippen molar-refractivity contribution in [2.24, 2.45) is 0 Å². The Hall–Kier alpha value is -1.26. The molecule has 2 rings (SSSR count). The first kappa shape index (κ1) is 15.1. The van der Waals surface area contributed by atoms with Crippen LogP contribution in [0.3, 0.4) is 0 Å². The molecule has 2 N–H and O–H groups in total. The number of rotatable bonds is 3. The second-order valence-electron chi connectivity index (χ2n) is 3.78. The topological polar surface area (TPSA) is 79.0 Å². The number of aromatic amines is 1. The number of aryl methyl sites for hydroxylation is 1. The molecule has 20 heavy (non-hydrogen) atoms. The van der Waals surface area contributed by atoms with Crippen LogP contribution in [0.15, 0.2) is 25.6 Å². The first-order valence-electron chi connectivity index (χ1n) is 5.08. The third kappa shape index (κ3) is 2.91. The Morgan fingerprint density at radius 2 is 1.85 bits per heavy atom. The Morgan fingerprint density at radius 3 is 2.30 bits per heavy atom. The molecule has 1 aromatic heterocycles. The summed E-state index contributed by atoms with van der Waals surface area (Å²) in [5.41, 5.74) is -0.695. The monoisotopic (exact) mass is 384 g/mol. The van der Waals surface area contributed by atoms with E-state index in [1.54, 1.807) is 4.72 Å². The molecular weight excluding hydrogens is 378 g/mol. The van der Waals surface area contributed by atoms with E-state index >= 15 is 0 Å². The first-order chi connectivity index (χ1) is 9.20. The molecule has 0 bridgehead atoms. The molecule has 5 nitrogen and oxygen atoms in total. The van der Waals surface area contributed by atoms with Crippen molar-refractivity contribution < 1.29 is 17.2 Å². The van der Waals surface area contributed by atoms with Gasteiger partial charge >= 0.3 is 4.87 Å². The van der Waals surface area contributed by atoms with E-state index in [0.717, 1.165) is 12.1 Å². The summed E-state index contributed by atoms with van der Waals surface area (Å²) in [4.78, 5) is 12.8. The van der Waals surface area contributed by atoms with Crippen LogP contribution in [0.5, 0.6) is 0 Å². The van der Waals surface area contributed by atoms with Crippen LogP contribution in [0.2, 0.25) is 0 Å². The van der Waals surface area contributed by atoms with Gasteiger partial charge in [0.2, 0.25) is 0 Å². The van der Waals surface area contributed by atoms with Gasteiger partial charge in [0.1, 0.15) is 5.69 Å². The van der Waals surface area contributed by atoms with E-state index in [0.29, 0.717) is 11.3 Å². The van der Waals surface area contributed by atoms with Gasteiger partial charge in [0, 0.05) is 10.2 Å². The molecule has 0 amide bonds. The normalized spacial score (nSPS) is 11.6. The van der Waals surface area contributed by atoms with Crippen LogP contribution >= 0.6 is 27.3 Å². The van der Waals surface area contributed by atoms with Crippen LogP contribution in [0.25, 0.3) is 0 Å². The zero-order valence-corrected chi connectivity index (χ0v) is 13.0. The molecule has 1 aromatic carbocycles. The average Bonchev–Trinajstić information content (AvgIpc) is 2.64. The lowest BCUT2D eigenvalue weighted by Crippen LogP contribution is -2.15. The molecule has 0 aliphatic rings. The molecule has 0 radical (unpaired) electrons. The number of hydrogen-bond acceptors (Lipinski definition) is 4. The van der Waals surface area contributed by atoms with E-state index < -0.39 is 32.2 Å². The highest BCUT2D eigenvalue weighted by Crippen LogP contribution is 2.27. The average molecular weight is 385 g/mol. The summed E-state index contributed by atoms with van der Waals surface area (Å²) in [6, 6.07) is 1.85. The van der Waals surface area contributed by atoms with Gasteiger partial charge in [-0.1, -0.05) is 27.3 Å². The van der Waals surface area contributed by atoms with Crippen LogP contribution in [-0.4, -0.2) is 13.4 Å². The molecular formula is C10H7BrF2N2O3S2. The standard InChI is InChI=1S/C10H7BrF2N2O3S2/c1-4-9(19-10(16)14-4)20(17,18)15-8-6(12)2-5(11)3-7(8)13/h2-3,15H,1H3,(H,14,16). The molecule has 0 saturated heterocycles. The van der Waals surface area contributed by atoms with Gasteiger partial charge in [0.05, 0.1) is 0 Å². The second-order valence-corrected chi connectivity index (χ2v) is 7.55. The van der Waals surface area contributed by atoms with Crippen LogP contribution in [-0.2, 0) is 10.0 Å². The lowest BCUT2D eigenvalue weighted by molar-refractivity contribution is 0.582. The number of hydrogen-bond donors (Lipinski definition) is 2. The zero-order valence-electron chi connectivity index (χ0n) is 9.83. The summed E-state index contributed by atoms with van der Waals surface area (Å²) >= 11 is 3.32. The van der Waals surface area contributed by atoms with Crippen molar-refractivity contribution in [1.82, 2.24) is 4.98 Å². The Morgan fingerprint density at radius 1 is 1.30 bits per heavy atom. The number of sulfonamides is 1. The van der Waals surface area contributed by atoms with Crippen molar-refractivity contribution >= 4 is 43.0 Å². The smallest absolute Gasteiger partial charge is 0.306 e. The number of nitrogens with one attached hydrogen (secondary N) is 2. The summed E-state index contributed by atoms with van der Waals surface area (Å²) in [6.45, 7) is 1.38. The molecule has 0 aliphatic carbocycles. The molecule has 2 aromatic rings. The summed E-state index contributed by atoms with van der Waals surface area (Å²) in [7, 11) is -4.24. The molecule has 10 heteroatoms. The zero-order chi connectivity index (χ0) is 15.1. The van der Waals surface area contributed by atoms with E-state index in [2.05, 4.69) is 20.9 Å². The van der Waals surface area contributed by atoms with Crippen molar-refractivity contribution in [2.45, 2.75) is 11.1 Å². The molecule has 0 spiro atoms. The minimum absolute atomic E-state index is 0.102. The molecule has 0 unspecified atom stereocenters. The molecule has 1 heterocycles. The van der Waals surface area contributed by atoms with Crippen molar-refractivity contribution in [3.63, 3.8) is 0 Å². The maximum atomic E-state index is 13.6. The first-order valence-corrected chi connectivity index (χ1v) is 8.17. The number of thiazole rings is 1. The minimum Gasteiger partial charge on any atom is -0.315 e. The van der Waals surface area contributed by atoms with Gasteiger partial charge in [-0.05, 0) is 19.1 Å². The van der Waals surface area contributed by atoms with E-state index in [1.165, 1.54) is 6.92 Å². The van der Waals surface area contributed by atoms with Crippen molar-refractivity contribution in [2.75, 3.05) is 4.72 Å². The minimum atomic E-state index is -4.24. The highest BCUT2D eigenvalue weighted by Gasteiger charge is 2.24. The largest absolute Gasteiger partial charge is 0.315 e. The van der Waals surface area contributed by atoms with E-state index in [9.17, 15) is 22.0 Å². The van der Waals surface area contributed by atoms with Gasteiger partial charge in [0.25, 0.3) is 10.0 Å². The third-order valence-electron chi connectivity index (χ3n) is 2.27. The number of halogens is 3. The summed E-state index contributed by atoms with van der Waals surface area (Å²) in [5, 5.41) is 0. The van der Waals surface area contributed by atoms with E-state index in [-0.39, 0.29) is 14.4 Å². The fourth-order valence-electron chi connectivity index (χ4n) is 1.47. The van der Waals surface area contributed by atoms with Crippen LogP contribution in [0, 0.1) is 18.6 Å². The molecule has 0 fully saturated rings. The number of H-pyrrole nitrogens is 1. The lowest BCUT2D eigenvalue weighted by atomic mass is 10.3. The van der Waals surface area contributed by atoms with E-state index in [4.69, 9.17) is 0 Å². The third-order valence-corrected chi connectivity index (χ3v) is 5.68. The SMILES string of the molecule is Cc1[nH]c(=O)sc1S(=O)(=O)Nc1c(F)cc(Br)cc1F.